The van der Waals surface area contributed by atoms with E-state index >= 15 is 0 Å². The molecule has 2 rings (SSSR count). The molecule has 0 bridgehead atoms. The molecule has 1 aromatic carbocycles. The van der Waals surface area contributed by atoms with Gasteiger partial charge in [0.05, 0.1) is 22.8 Å². The average Bonchev–Trinajstić information content (AvgIpc) is 2.59. The molecule has 1 aromatic heterocycles. The predicted molar refractivity (Wildman–Crippen MR) is 50.2 cm³/mol. The van der Waals surface area contributed by atoms with E-state index in [9.17, 15) is 0 Å². The zero-order valence-electron chi connectivity index (χ0n) is 7.33. The third-order valence-corrected chi connectivity index (χ3v) is 2.11. The van der Waals surface area contributed by atoms with E-state index in [4.69, 9.17) is 5.26 Å². The van der Waals surface area contributed by atoms with Crippen molar-refractivity contribution in [1.82, 2.24) is 10.2 Å². The summed E-state index contributed by atoms with van der Waals surface area (Å²) in [5.74, 6) is 0. The summed E-state index contributed by atoms with van der Waals surface area (Å²) >= 11 is 0. The summed E-state index contributed by atoms with van der Waals surface area (Å²) in [7, 11) is 0. The highest BCUT2D eigenvalue weighted by Gasteiger charge is 2.03. The Balaban J connectivity index is 2.73. The van der Waals surface area contributed by atoms with E-state index in [2.05, 4.69) is 23.2 Å². The minimum atomic E-state index is 0.684. The van der Waals surface area contributed by atoms with E-state index in [1.165, 1.54) is 0 Å². The molecule has 3 nitrogen and oxygen atoms in total. The predicted octanol–water partition coefficient (Wildman–Crippen LogP) is 2.00. The van der Waals surface area contributed by atoms with E-state index in [1.54, 1.807) is 6.07 Å². The van der Waals surface area contributed by atoms with E-state index in [-0.39, 0.29) is 0 Å². The summed E-state index contributed by atoms with van der Waals surface area (Å²) in [5, 5.41) is 16.9. The van der Waals surface area contributed by atoms with Crippen LogP contribution >= 0.6 is 0 Å². The maximum Gasteiger partial charge on any atom is 0.0991 e. The minimum absolute atomic E-state index is 0.684. The van der Waals surface area contributed by atoms with Crippen molar-refractivity contribution in [3.8, 4) is 6.07 Å². The minimum Gasteiger partial charge on any atom is -0.278 e. The molecule has 0 aliphatic heterocycles. The van der Waals surface area contributed by atoms with Gasteiger partial charge in [0.1, 0.15) is 0 Å². The molecule has 0 saturated carbocycles. The van der Waals surface area contributed by atoms with Gasteiger partial charge in [-0.05, 0) is 24.6 Å². The number of rotatable bonds is 1. The van der Waals surface area contributed by atoms with Gasteiger partial charge in [0, 0.05) is 5.39 Å². The number of fused-ring (bicyclic) bond motifs is 1. The van der Waals surface area contributed by atoms with Crippen molar-refractivity contribution in [2.75, 3.05) is 0 Å². The van der Waals surface area contributed by atoms with Gasteiger partial charge in [-0.25, -0.2) is 0 Å². The number of benzene rings is 1. The van der Waals surface area contributed by atoms with Crippen LogP contribution in [0.5, 0.6) is 0 Å². The standard InChI is InChI=1S/C10H9N3/c1-2-9-8-5-7(6-11)3-4-10(8)13-12-9/h3-5H,2H2,1H3,(H,12,13). The van der Waals surface area contributed by atoms with E-state index in [1.807, 2.05) is 12.1 Å². The number of nitrogens with zero attached hydrogens (tertiary/aromatic N) is 2. The first-order chi connectivity index (χ1) is 6.35. The lowest BCUT2D eigenvalue weighted by molar-refractivity contribution is 0.988. The Bertz CT molecular complexity index is 476. The highest BCUT2D eigenvalue weighted by atomic mass is 15.1. The van der Waals surface area contributed by atoms with E-state index in [0.717, 1.165) is 23.0 Å². The quantitative estimate of drug-likeness (QED) is 0.713. The Kier molecular flexibility index (Phi) is 1.75. The molecule has 0 fully saturated rings. The third-order valence-electron chi connectivity index (χ3n) is 2.11. The number of H-pyrrole nitrogens is 1. The molecular formula is C10H9N3. The van der Waals surface area contributed by atoms with Crippen LogP contribution in [0, 0.1) is 11.3 Å². The van der Waals surface area contributed by atoms with E-state index in [0.29, 0.717) is 5.56 Å². The highest BCUT2D eigenvalue weighted by molar-refractivity contribution is 5.82. The van der Waals surface area contributed by atoms with Crippen molar-refractivity contribution in [2.45, 2.75) is 13.3 Å². The molecule has 0 aliphatic carbocycles. The SMILES string of the molecule is CCc1n[nH]c2ccc(C#N)cc12. The maximum absolute atomic E-state index is 8.72. The van der Waals surface area contributed by atoms with Crippen LogP contribution < -0.4 is 0 Å². The maximum atomic E-state index is 8.72. The van der Waals surface area contributed by atoms with Crippen LogP contribution in [0.4, 0.5) is 0 Å². The van der Waals surface area contributed by atoms with Crippen LogP contribution in [0.15, 0.2) is 18.2 Å². The van der Waals surface area contributed by atoms with Gasteiger partial charge in [0.15, 0.2) is 0 Å². The Labute approximate surface area is 76.0 Å². The zero-order valence-corrected chi connectivity index (χ0v) is 7.33. The summed E-state index contributed by atoms with van der Waals surface area (Å²) < 4.78 is 0. The molecule has 0 radical (unpaired) electrons. The number of aromatic amines is 1. The van der Waals surface area contributed by atoms with Gasteiger partial charge in [-0.3, -0.25) is 5.10 Å². The molecule has 0 spiro atoms. The molecule has 0 saturated heterocycles. The third kappa shape index (κ3) is 1.17. The van der Waals surface area contributed by atoms with Gasteiger partial charge < -0.3 is 0 Å². The van der Waals surface area contributed by atoms with Crippen molar-refractivity contribution in [3.05, 3.63) is 29.5 Å². The molecule has 1 heterocycles. The number of aryl methyl sites for hydroxylation is 1. The molecule has 0 atom stereocenters. The summed E-state index contributed by atoms with van der Waals surface area (Å²) in [5.41, 5.74) is 2.70. The summed E-state index contributed by atoms with van der Waals surface area (Å²) in [6.07, 6.45) is 0.884. The first-order valence-electron chi connectivity index (χ1n) is 4.22. The lowest BCUT2D eigenvalue weighted by atomic mass is 10.1. The van der Waals surface area contributed by atoms with Gasteiger partial charge in [0.25, 0.3) is 0 Å². The first kappa shape index (κ1) is 7.81. The van der Waals surface area contributed by atoms with Crippen LogP contribution in [-0.2, 0) is 6.42 Å². The molecule has 3 heteroatoms. The largest absolute Gasteiger partial charge is 0.278 e. The van der Waals surface area contributed by atoms with Crippen LogP contribution in [0.3, 0.4) is 0 Å². The lowest BCUT2D eigenvalue weighted by Gasteiger charge is -1.91. The van der Waals surface area contributed by atoms with Gasteiger partial charge in [0.2, 0.25) is 0 Å². The number of nitrogens with one attached hydrogen (secondary N) is 1. The second-order valence-electron chi connectivity index (χ2n) is 2.90. The monoisotopic (exact) mass is 171 g/mol. The lowest BCUT2D eigenvalue weighted by Crippen LogP contribution is -1.80. The second-order valence-corrected chi connectivity index (χ2v) is 2.90. The molecule has 0 amide bonds. The van der Waals surface area contributed by atoms with Gasteiger partial charge in [-0.2, -0.15) is 10.4 Å². The molecule has 1 N–H and O–H groups in total. The van der Waals surface area contributed by atoms with Crippen LogP contribution in [-0.4, -0.2) is 10.2 Å². The van der Waals surface area contributed by atoms with Crippen LogP contribution in [0.1, 0.15) is 18.2 Å². The second kappa shape index (κ2) is 2.91. The van der Waals surface area contributed by atoms with Crippen molar-refractivity contribution >= 4 is 10.9 Å². The normalized spacial score (nSPS) is 10.2. The van der Waals surface area contributed by atoms with E-state index < -0.39 is 0 Å². The molecule has 13 heavy (non-hydrogen) atoms. The Hall–Kier alpha value is -1.82. The zero-order chi connectivity index (χ0) is 9.26. The number of aromatic nitrogens is 2. The fourth-order valence-corrected chi connectivity index (χ4v) is 1.41. The average molecular weight is 171 g/mol. The molecule has 2 aromatic rings. The molecular weight excluding hydrogens is 162 g/mol. The number of hydrogen-bond acceptors (Lipinski definition) is 2. The smallest absolute Gasteiger partial charge is 0.0991 e. The summed E-state index contributed by atoms with van der Waals surface area (Å²) in [6, 6.07) is 7.67. The van der Waals surface area contributed by atoms with Gasteiger partial charge in [-0.15, -0.1) is 0 Å². The van der Waals surface area contributed by atoms with Crippen molar-refractivity contribution in [3.63, 3.8) is 0 Å². The van der Waals surface area contributed by atoms with Crippen molar-refractivity contribution in [1.29, 1.82) is 5.26 Å². The first-order valence-corrected chi connectivity index (χ1v) is 4.22. The van der Waals surface area contributed by atoms with Crippen LogP contribution in [0.25, 0.3) is 10.9 Å². The molecule has 64 valence electrons. The molecule has 0 unspecified atom stereocenters. The number of nitriles is 1. The van der Waals surface area contributed by atoms with Crippen molar-refractivity contribution < 1.29 is 0 Å². The highest BCUT2D eigenvalue weighted by Crippen LogP contribution is 2.17. The van der Waals surface area contributed by atoms with Gasteiger partial charge in [-0.1, -0.05) is 6.92 Å². The fourth-order valence-electron chi connectivity index (χ4n) is 1.41. The summed E-state index contributed by atoms with van der Waals surface area (Å²) in [4.78, 5) is 0. The number of hydrogen-bond donors (Lipinski definition) is 1. The van der Waals surface area contributed by atoms with Crippen molar-refractivity contribution in [2.24, 2.45) is 0 Å². The Morgan fingerprint density at radius 1 is 1.54 bits per heavy atom. The Morgan fingerprint density at radius 3 is 3.08 bits per heavy atom. The summed E-state index contributed by atoms with van der Waals surface area (Å²) in [6.45, 7) is 2.05. The van der Waals surface area contributed by atoms with Gasteiger partial charge >= 0.3 is 0 Å². The molecule has 0 aliphatic rings. The van der Waals surface area contributed by atoms with Crippen LogP contribution in [0.2, 0.25) is 0 Å². The Morgan fingerprint density at radius 2 is 2.38 bits per heavy atom. The fraction of sp³-hybridized carbons (Fsp3) is 0.200. The topological polar surface area (TPSA) is 52.5 Å².